The fraction of sp³-hybridized carbons (Fsp3) is 0.500. The molecule has 3 heterocycles. The molecule has 1 amide bonds. The van der Waals surface area contributed by atoms with Gasteiger partial charge in [-0.1, -0.05) is 37.3 Å². The van der Waals surface area contributed by atoms with Gasteiger partial charge < -0.3 is 15.5 Å². The molecular weight excluding hydrogens is 483 g/mol. The summed E-state index contributed by atoms with van der Waals surface area (Å²) in [6.45, 7) is 7.82. The van der Waals surface area contributed by atoms with E-state index in [1.54, 1.807) is 21.9 Å². The standard InChI is InChI=1S/C11H13N5O.C8H7F3.C7H18N2/c1-15-5-8(4-12-15)11-9-6-16(7-17)3-2-10(9)13-14-11;9-8(10,11)7-5-3-1-2-4-6-7;1-4-9(3)6-5-7(2)8/h4-5,7H,2-3,6H2,1H3,(H,13,14);1,3-6H,2H2;7H,4-6,8H2,1-3H3. The zero-order chi connectivity index (χ0) is 27.4. The fourth-order valence-corrected chi connectivity index (χ4v) is 3.54. The Morgan fingerprint density at radius 1 is 1.32 bits per heavy atom. The number of fused-ring (bicyclic) bond motifs is 1. The Kier molecular flexibility index (Phi) is 11.8. The molecule has 0 bridgehead atoms. The van der Waals surface area contributed by atoms with Crippen LogP contribution < -0.4 is 5.73 Å². The topological polar surface area (TPSA) is 96.1 Å². The van der Waals surface area contributed by atoms with Crippen LogP contribution in [0.2, 0.25) is 0 Å². The van der Waals surface area contributed by atoms with E-state index in [0.29, 0.717) is 19.0 Å². The van der Waals surface area contributed by atoms with Gasteiger partial charge in [-0.2, -0.15) is 23.4 Å². The number of H-pyrrole nitrogens is 1. The second kappa shape index (κ2) is 14.5. The highest BCUT2D eigenvalue weighted by Crippen LogP contribution is 2.28. The normalized spacial score (nSPS) is 15.6. The molecule has 0 spiro atoms. The van der Waals surface area contributed by atoms with Gasteiger partial charge >= 0.3 is 6.18 Å². The highest BCUT2D eigenvalue weighted by atomic mass is 19.4. The van der Waals surface area contributed by atoms with Gasteiger partial charge in [-0.05, 0) is 39.9 Å². The highest BCUT2D eigenvalue weighted by molar-refractivity contribution is 5.63. The van der Waals surface area contributed by atoms with E-state index in [9.17, 15) is 18.0 Å². The summed E-state index contributed by atoms with van der Waals surface area (Å²) in [5, 5.41) is 11.5. The summed E-state index contributed by atoms with van der Waals surface area (Å²) >= 11 is 0. The first kappa shape index (κ1) is 30.0. The summed E-state index contributed by atoms with van der Waals surface area (Å²) < 4.78 is 37.7. The van der Waals surface area contributed by atoms with Crippen molar-refractivity contribution in [1.82, 2.24) is 29.8 Å². The molecule has 11 heteroatoms. The van der Waals surface area contributed by atoms with E-state index in [-0.39, 0.29) is 0 Å². The highest BCUT2D eigenvalue weighted by Gasteiger charge is 2.31. The van der Waals surface area contributed by atoms with E-state index >= 15 is 0 Å². The lowest BCUT2D eigenvalue weighted by Gasteiger charge is -2.22. The number of allylic oxidation sites excluding steroid dienone is 6. The van der Waals surface area contributed by atoms with Gasteiger partial charge in [0.05, 0.1) is 11.8 Å². The maximum absolute atomic E-state index is 12.0. The van der Waals surface area contributed by atoms with Crippen LogP contribution in [0.15, 0.2) is 48.3 Å². The minimum atomic E-state index is -4.22. The molecule has 3 N–H and O–H groups in total. The molecule has 0 saturated heterocycles. The molecule has 37 heavy (non-hydrogen) atoms. The van der Waals surface area contributed by atoms with Crippen molar-refractivity contribution >= 4 is 6.41 Å². The molecule has 2 aliphatic rings. The van der Waals surface area contributed by atoms with Crippen LogP contribution in [-0.2, 0) is 24.8 Å². The van der Waals surface area contributed by atoms with E-state index in [4.69, 9.17) is 5.73 Å². The predicted octanol–water partition coefficient (Wildman–Crippen LogP) is 3.99. The number of nitrogens with one attached hydrogen (secondary N) is 1. The average Bonchev–Trinajstić information content (AvgIpc) is 3.37. The number of aromatic amines is 1. The molecule has 0 saturated carbocycles. The number of carbonyl (C=O) groups is 1. The summed E-state index contributed by atoms with van der Waals surface area (Å²) in [5.74, 6) is 0. The van der Waals surface area contributed by atoms with Gasteiger partial charge in [0.15, 0.2) is 0 Å². The van der Waals surface area contributed by atoms with E-state index in [1.807, 2.05) is 20.2 Å². The van der Waals surface area contributed by atoms with Crippen LogP contribution in [-0.4, -0.2) is 75.1 Å². The first-order valence-corrected chi connectivity index (χ1v) is 12.3. The molecule has 1 atom stereocenters. The average molecular weight is 522 g/mol. The molecule has 0 aromatic carbocycles. The van der Waals surface area contributed by atoms with Crippen LogP contribution in [0.3, 0.4) is 0 Å². The lowest BCUT2D eigenvalue weighted by molar-refractivity contribution is -0.118. The number of aryl methyl sites for hydroxylation is 1. The number of alkyl halides is 3. The van der Waals surface area contributed by atoms with Crippen molar-refractivity contribution < 1.29 is 18.0 Å². The zero-order valence-corrected chi connectivity index (χ0v) is 22.0. The van der Waals surface area contributed by atoms with Gasteiger partial charge in [0.2, 0.25) is 6.41 Å². The van der Waals surface area contributed by atoms with Crippen LogP contribution in [0.25, 0.3) is 11.3 Å². The molecule has 204 valence electrons. The Hall–Kier alpha value is -3.18. The first-order valence-electron chi connectivity index (χ1n) is 12.3. The largest absolute Gasteiger partial charge is 0.416 e. The van der Waals surface area contributed by atoms with Crippen molar-refractivity contribution in [3.63, 3.8) is 0 Å². The second-order valence-electron chi connectivity index (χ2n) is 9.11. The smallest absolute Gasteiger partial charge is 0.340 e. The molecule has 0 radical (unpaired) electrons. The van der Waals surface area contributed by atoms with Crippen LogP contribution in [0, 0.1) is 0 Å². The maximum Gasteiger partial charge on any atom is 0.416 e. The molecule has 2 aromatic rings. The lowest BCUT2D eigenvalue weighted by atomic mass is 10.0. The Labute approximate surface area is 216 Å². The van der Waals surface area contributed by atoms with E-state index < -0.39 is 11.7 Å². The number of nitrogens with zero attached hydrogens (tertiary/aromatic N) is 5. The van der Waals surface area contributed by atoms with Gasteiger partial charge in [-0.3, -0.25) is 14.6 Å². The van der Waals surface area contributed by atoms with Gasteiger partial charge in [-0.25, -0.2) is 0 Å². The number of hydrogen-bond acceptors (Lipinski definition) is 5. The Morgan fingerprint density at radius 3 is 2.68 bits per heavy atom. The molecule has 4 rings (SSSR count). The molecular formula is C26H38F3N7O. The summed E-state index contributed by atoms with van der Waals surface area (Å²) in [4.78, 5) is 14.9. The first-order chi connectivity index (χ1) is 17.5. The molecule has 8 nitrogen and oxygen atoms in total. The summed E-state index contributed by atoms with van der Waals surface area (Å²) in [6.07, 6.45) is 9.65. The van der Waals surface area contributed by atoms with Gasteiger partial charge in [0.1, 0.15) is 5.69 Å². The van der Waals surface area contributed by atoms with Crippen molar-refractivity contribution in [1.29, 1.82) is 0 Å². The summed E-state index contributed by atoms with van der Waals surface area (Å²) in [7, 11) is 3.99. The summed E-state index contributed by atoms with van der Waals surface area (Å²) in [6, 6.07) is 0.346. The SMILES string of the molecule is CCN(C)CCC(C)N.Cn1cc(-c2n[nH]c3c2CN(C=O)CC3)cn1.FC(F)(F)C1=CC=CCC=C1. The van der Waals surface area contributed by atoms with Crippen LogP contribution in [0.5, 0.6) is 0 Å². The number of rotatable bonds is 6. The minimum absolute atomic E-state index is 0.346. The molecule has 2 aromatic heterocycles. The van der Waals surface area contributed by atoms with Crippen molar-refractivity contribution in [3.8, 4) is 11.3 Å². The van der Waals surface area contributed by atoms with Crippen molar-refractivity contribution in [2.75, 3.05) is 26.7 Å². The quantitative estimate of drug-likeness (QED) is 0.561. The van der Waals surface area contributed by atoms with Crippen molar-refractivity contribution in [2.24, 2.45) is 12.8 Å². The van der Waals surface area contributed by atoms with E-state index in [2.05, 4.69) is 34.2 Å². The lowest BCUT2D eigenvalue weighted by Crippen LogP contribution is -2.28. The fourth-order valence-electron chi connectivity index (χ4n) is 3.54. The molecule has 1 aliphatic heterocycles. The van der Waals surface area contributed by atoms with E-state index in [1.165, 1.54) is 12.2 Å². The number of aromatic nitrogens is 4. The van der Waals surface area contributed by atoms with Crippen LogP contribution >= 0.6 is 0 Å². The monoisotopic (exact) mass is 521 g/mol. The number of amides is 1. The van der Waals surface area contributed by atoms with Crippen molar-refractivity contribution in [3.05, 3.63) is 59.6 Å². The van der Waals surface area contributed by atoms with Crippen molar-refractivity contribution in [2.45, 2.75) is 51.9 Å². The van der Waals surface area contributed by atoms with Gasteiger partial charge in [-0.15, -0.1) is 0 Å². The maximum atomic E-state index is 12.0. The Balaban J connectivity index is 0.000000210. The minimum Gasteiger partial charge on any atom is -0.340 e. The second-order valence-corrected chi connectivity index (χ2v) is 9.11. The predicted molar refractivity (Wildman–Crippen MR) is 139 cm³/mol. The number of halogens is 3. The number of carbonyl (C=O) groups excluding carboxylic acids is 1. The number of hydrogen-bond donors (Lipinski definition) is 2. The van der Waals surface area contributed by atoms with Crippen LogP contribution in [0.1, 0.15) is 37.9 Å². The zero-order valence-electron chi connectivity index (χ0n) is 22.0. The molecule has 0 fully saturated rings. The third kappa shape index (κ3) is 10.0. The third-order valence-corrected chi connectivity index (χ3v) is 5.91. The van der Waals surface area contributed by atoms with Gasteiger partial charge in [0, 0.05) is 55.6 Å². The van der Waals surface area contributed by atoms with Crippen LogP contribution in [0.4, 0.5) is 13.2 Å². The molecule has 1 aliphatic carbocycles. The Bertz CT molecular complexity index is 1070. The van der Waals surface area contributed by atoms with E-state index in [0.717, 1.165) is 73.6 Å². The third-order valence-electron chi connectivity index (χ3n) is 5.91. The summed E-state index contributed by atoms with van der Waals surface area (Å²) in [5.41, 5.74) is 9.10. The molecule has 1 unspecified atom stereocenters. The Morgan fingerprint density at radius 2 is 2.08 bits per heavy atom. The van der Waals surface area contributed by atoms with Gasteiger partial charge in [0.25, 0.3) is 0 Å². The number of nitrogens with two attached hydrogens (primary N) is 1.